The molecule has 8 heteroatoms. The van der Waals surface area contributed by atoms with Gasteiger partial charge in [0, 0.05) is 14.4 Å². The largest absolute Gasteiger partial charge is 0.490 e. The van der Waals surface area contributed by atoms with Crippen LogP contribution >= 0.6 is 0 Å². The van der Waals surface area contributed by atoms with Crippen molar-refractivity contribution in [1.82, 2.24) is 10.2 Å². The highest BCUT2D eigenvalue weighted by Gasteiger charge is 2.45. The van der Waals surface area contributed by atoms with E-state index < -0.39 is 29.7 Å². The topological polar surface area (TPSA) is 102 Å². The van der Waals surface area contributed by atoms with Crippen LogP contribution in [-0.2, 0) is 14.3 Å². The lowest BCUT2D eigenvalue weighted by Crippen LogP contribution is -2.54. The Morgan fingerprint density at radius 2 is 2.08 bits per heavy atom. The first-order valence-corrected chi connectivity index (χ1v) is 7.89. The maximum Gasteiger partial charge on any atom is 0.266 e. The van der Waals surface area contributed by atoms with Gasteiger partial charge >= 0.3 is 0 Å². The second kappa shape index (κ2) is 7.02. The maximum absolute atomic E-state index is 12.8. The van der Waals surface area contributed by atoms with Crippen LogP contribution in [0.3, 0.4) is 0 Å². The Labute approximate surface area is 145 Å². The third-order valence-electron chi connectivity index (χ3n) is 4.06. The first-order valence-electron chi connectivity index (χ1n) is 8.59. The van der Waals surface area contributed by atoms with Gasteiger partial charge in [0.25, 0.3) is 11.8 Å². The van der Waals surface area contributed by atoms with Crippen LogP contribution in [0.25, 0.3) is 0 Å². The predicted molar refractivity (Wildman–Crippen MR) is 85.1 cm³/mol. The fourth-order valence-electron chi connectivity index (χ4n) is 2.92. The summed E-state index contributed by atoms with van der Waals surface area (Å²) in [6, 6.07) is 3.67. The summed E-state index contributed by atoms with van der Waals surface area (Å²) in [6.45, 7) is 0.851. The van der Waals surface area contributed by atoms with Crippen LogP contribution in [0.2, 0.25) is 0 Å². The molecule has 132 valence electrons. The van der Waals surface area contributed by atoms with Crippen molar-refractivity contribution in [3.8, 4) is 5.75 Å². The maximum atomic E-state index is 12.8. The van der Waals surface area contributed by atoms with Crippen molar-refractivity contribution >= 4 is 23.6 Å². The van der Waals surface area contributed by atoms with Crippen LogP contribution < -0.4 is 10.1 Å². The van der Waals surface area contributed by atoms with Crippen LogP contribution in [0.1, 0.15) is 41.8 Å². The smallest absolute Gasteiger partial charge is 0.266 e. The number of hydrogen-bond donors (Lipinski definition) is 1. The number of rotatable bonds is 6. The van der Waals surface area contributed by atoms with Crippen LogP contribution in [0.4, 0.5) is 0 Å². The number of carbonyl (C=O) groups excluding carboxylic acids is 4. The van der Waals surface area contributed by atoms with E-state index in [4.69, 9.17) is 10.8 Å². The molecule has 0 bridgehead atoms. The van der Waals surface area contributed by atoms with Gasteiger partial charge in [-0.25, -0.2) is 0 Å². The number of imide groups is 2. The Morgan fingerprint density at radius 3 is 2.84 bits per heavy atom. The van der Waals surface area contributed by atoms with Gasteiger partial charge in [-0.05, 0) is 25.5 Å². The van der Waals surface area contributed by atoms with Gasteiger partial charge in [-0.1, -0.05) is 6.07 Å². The molecule has 1 saturated heterocycles. The highest BCUT2D eigenvalue weighted by atomic mass is 16.5. The molecule has 0 spiro atoms. The van der Waals surface area contributed by atoms with E-state index in [1.807, 2.05) is 0 Å². The molecule has 25 heavy (non-hydrogen) atoms. The molecule has 4 amide bonds. The molecular weight excluding hydrogens is 328 g/mol. The summed E-state index contributed by atoms with van der Waals surface area (Å²) in [4.78, 5) is 49.7. The second-order valence-corrected chi connectivity index (χ2v) is 5.59. The van der Waals surface area contributed by atoms with Crippen molar-refractivity contribution in [3.63, 3.8) is 0 Å². The van der Waals surface area contributed by atoms with E-state index in [2.05, 4.69) is 5.32 Å². The molecule has 1 aromatic rings. The molecular formula is C17H18N2O6. The zero-order chi connectivity index (χ0) is 18.7. The van der Waals surface area contributed by atoms with Gasteiger partial charge in [0.2, 0.25) is 11.8 Å². The minimum absolute atomic E-state index is 0.0699. The van der Waals surface area contributed by atoms with E-state index in [0.29, 0.717) is 0 Å². The van der Waals surface area contributed by atoms with E-state index in [1.54, 1.807) is 12.1 Å². The van der Waals surface area contributed by atoms with Crippen LogP contribution in [0.15, 0.2) is 18.2 Å². The summed E-state index contributed by atoms with van der Waals surface area (Å²) in [5, 5.41) is 2.16. The van der Waals surface area contributed by atoms with Gasteiger partial charge in [0.1, 0.15) is 18.4 Å². The van der Waals surface area contributed by atoms with Gasteiger partial charge in [-0.15, -0.1) is 0 Å². The Morgan fingerprint density at radius 1 is 1.24 bits per heavy atom. The quantitative estimate of drug-likeness (QED) is 0.593. The Hall–Kier alpha value is -2.74. The fourth-order valence-corrected chi connectivity index (χ4v) is 2.92. The monoisotopic (exact) mass is 348 g/mol. The van der Waals surface area contributed by atoms with Crippen molar-refractivity contribution in [2.45, 2.75) is 25.8 Å². The number of carbonyl (C=O) groups is 4. The second-order valence-electron chi connectivity index (χ2n) is 5.59. The number of amides is 4. The number of ether oxygens (including phenoxy) is 2. The molecule has 2 aliphatic heterocycles. The minimum Gasteiger partial charge on any atom is -0.490 e. The van der Waals surface area contributed by atoms with Crippen molar-refractivity contribution in [2.24, 2.45) is 0 Å². The molecule has 0 radical (unpaired) electrons. The molecule has 0 saturated carbocycles. The first-order chi connectivity index (χ1) is 12.5. The molecule has 3 rings (SSSR count). The fraction of sp³-hybridized carbons (Fsp3) is 0.412. The van der Waals surface area contributed by atoms with Gasteiger partial charge in [-0.2, -0.15) is 0 Å². The normalized spacial score (nSPS) is 20.4. The molecule has 8 nitrogen and oxygen atoms in total. The van der Waals surface area contributed by atoms with Crippen molar-refractivity contribution < 1.29 is 30.0 Å². The van der Waals surface area contributed by atoms with E-state index >= 15 is 0 Å². The van der Waals surface area contributed by atoms with Crippen LogP contribution in [-0.4, -0.2) is 54.4 Å². The molecule has 1 aromatic carbocycles. The predicted octanol–water partition coefficient (Wildman–Crippen LogP) is 0.503. The summed E-state index contributed by atoms with van der Waals surface area (Å²) in [6.07, 6.45) is 0.174. The van der Waals surface area contributed by atoms with Crippen LogP contribution in [0, 0.1) is 0 Å². The third kappa shape index (κ3) is 3.12. The van der Waals surface area contributed by atoms with E-state index in [9.17, 15) is 19.2 Å². The van der Waals surface area contributed by atoms with Gasteiger partial charge in [0.05, 0.1) is 17.7 Å². The number of benzene rings is 1. The summed E-state index contributed by atoms with van der Waals surface area (Å²) in [5.74, 6) is -2.01. The van der Waals surface area contributed by atoms with Crippen molar-refractivity contribution in [3.05, 3.63) is 29.3 Å². The third-order valence-corrected chi connectivity index (χ3v) is 4.06. The van der Waals surface area contributed by atoms with Gasteiger partial charge in [0.15, 0.2) is 0 Å². The van der Waals surface area contributed by atoms with Gasteiger partial charge in [-0.3, -0.25) is 29.4 Å². The molecule has 2 heterocycles. The van der Waals surface area contributed by atoms with Gasteiger partial charge < -0.3 is 9.47 Å². The van der Waals surface area contributed by atoms with Crippen molar-refractivity contribution in [1.29, 1.82) is 0 Å². The first kappa shape index (κ1) is 15.8. The van der Waals surface area contributed by atoms with Crippen LogP contribution in [0.5, 0.6) is 5.75 Å². The number of piperidine rings is 1. The average molecular weight is 348 g/mol. The highest BCUT2D eigenvalue weighted by Crippen LogP contribution is 2.33. The molecule has 0 aromatic heterocycles. The Bertz CT molecular complexity index is 766. The molecule has 1 unspecified atom stereocenters. The summed E-state index contributed by atoms with van der Waals surface area (Å²) in [7, 11) is 0. The lowest BCUT2D eigenvalue weighted by Gasteiger charge is -2.27. The number of nitrogens with zero attached hydrogens (tertiary/aromatic N) is 1. The summed E-state index contributed by atoms with van der Waals surface area (Å²) < 4.78 is 17.7. The molecule has 1 N–H and O–H groups in total. The standard InChI is InChI=1S/C17H18N2O6/c1-2-24-8-9-25-12-5-3-4-10-14(12)17(23)19(16(10)22)11-6-7-13(20)18-15(11)21/h3-5,11H,2,6-9H2,1H3,(H,18,20,21)/i1T. The van der Waals surface area contributed by atoms with Crippen molar-refractivity contribution in [2.75, 3.05) is 19.8 Å². The zero-order valence-electron chi connectivity index (χ0n) is 14.4. The highest BCUT2D eigenvalue weighted by molar-refractivity contribution is 6.24. The summed E-state index contributed by atoms with van der Waals surface area (Å²) >= 11 is 0. The lowest BCUT2D eigenvalue weighted by atomic mass is 10.0. The minimum atomic E-state index is -1.01. The average Bonchev–Trinajstić information content (AvgIpc) is 2.87. The summed E-state index contributed by atoms with van der Waals surface area (Å²) in [5.41, 5.74) is 0.284. The SMILES string of the molecule is [3H]CCOCCOc1cccc2c1C(=O)N(C1CCC(=O)NC1=O)C2=O. The number of nitrogens with one attached hydrogen (secondary N) is 1. The molecule has 0 aliphatic carbocycles. The molecule has 1 fully saturated rings. The van der Waals surface area contributed by atoms with E-state index in [1.165, 1.54) is 6.07 Å². The lowest BCUT2D eigenvalue weighted by molar-refractivity contribution is -0.136. The van der Waals surface area contributed by atoms with E-state index in [-0.39, 0.29) is 56.4 Å². The molecule has 2 aliphatic rings. The number of fused-ring (bicyclic) bond motifs is 1. The Balaban J connectivity index is 1.78. The number of hydrogen-bond acceptors (Lipinski definition) is 6. The molecule has 1 atom stereocenters. The zero-order valence-corrected chi connectivity index (χ0v) is 13.4. The van der Waals surface area contributed by atoms with E-state index in [0.717, 1.165) is 4.90 Å². The Kier molecular flexibility index (Phi) is 4.43.